The van der Waals surface area contributed by atoms with E-state index in [1.165, 1.54) is 25.9 Å². The first kappa shape index (κ1) is 17.1. The summed E-state index contributed by atoms with van der Waals surface area (Å²) in [6, 6.07) is -0.781. The third kappa shape index (κ3) is 7.96. The molecule has 0 aromatic heterocycles. The molecular formula is C11H21N3O5. The summed E-state index contributed by atoms with van der Waals surface area (Å²) in [7, 11) is 1.49. The summed E-state index contributed by atoms with van der Waals surface area (Å²) in [5.41, 5.74) is 0. The monoisotopic (exact) mass is 275 g/mol. The molecule has 2 atom stereocenters. The van der Waals surface area contributed by atoms with Gasteiger partial charge in [-0.3, -0.25) is 9.80 Å². The molecule has 1 unspecified atom stereocenters. The van der Waals surface area contributed by atoms with E-state index < -0.39 is 24.3 Å². The first-order valence-electron chi connectivity index (χ1n) is 5.93. The van der Waals surface area contributed by atoms with E-state index in [-0.39, 0.29) is 5.92 Å². The second kappa shape index (κ2) is 8.28. The van der Waals surface area contributed by atoms with Crippen LogP contribution in [-0.2, 0) is 19.2 Å². The van der Waals surface area contributed by atoms with Crippen molar-refractivity contribution < 1.29 is 24.3 Å². The summed E-state index contributed by atoms with van der Waals surface area (Å²) in [4.78, 5) is 26.4. The number of ether oxygens (including phenoxy) is 1. The van der Waals surface area contributed by atoms with Crippen molar-refractivity contribution in [3.8, 4) is 0 Å². The second-order valence-corrected chi connectivity index (χ2v) is 4.51. The number of likely N-dealkylation sites (N-methyl/N-ethyl adjacent to an activating group) is 1. The third-order valence-electron chi connectivity index (χ3n) is 2.14. The fourth-order valence-corrected chi connectivity index (χ4v) is 1.32. The number of hydrogen-bond donors (Lipinski definition) is 1. The molecule has 0 amide bonds. The van der Waals surface area contributed by atoms with E-state index in [0.717, 1.165) is 0 Å². The summed E-state index contributed by atoms with van der Waals surface area (Å²) in [6.45, 7) is 6.55. The lowest BCUT2D eigenvalue weighted by molar-refractivity contribution is -0.175. The maximum atomic E-state index is 11.1. The number of hydrogen-bond acceptors (Lipinski definition) is 6. The number of aliphatic carboxylic acids is 1. The van der Waals surface area contributed by atoms with Crippen LogP contribution in [0, 0.1) is 5.92 Å². The molecule has 0 heterocycles. The number of carbonyl (C=O) groups is 2. The van der Waals surface area contributed by atoms with Crippen molar-refractivity contribution in [2.75, 3.05) is 7.05 Å². The quantitative estimate of drug-likeness (QED) is 0.312. The van der Waals surface area contributed by atoms with Gasteiger partial charge in [0, 0.05) is 26.2 Å². The molecule has 0 aromatic carbocycles. The standard InChI is InChI=1S/C11H21N3O5/c1-7(2)6-10(11(16)17)14(5)12-13-19-9(4)18-8(3)15/h7,9-10H,6H2,1-5H3,(H,16,17)/t9?,10-/m0/s1. The second-order valence-electron chi connectivity index (χ2n) is 4.51. The van der Waals surface area contributed by atoms with E-state index in [4.69, 9.17) is 9.94 Å². The summed E-state index contributed by atoms with van der Waals surface area (Å²) < 4.78 is 4.65. The first-order chi connectivity index (χ1) is 8.73. The minimum absolute atomic E-state index is 0.208. The lowest BCUT2D eigenvalue weighted by atomic mass is 10.0. The van der Waals surface area contributed by atoms with Crippen molar-refractivity contribution in [2.24, 2.45) is 16.4 Å². The van der Waals surface area contributed by atoms with Crippen LogP contribution in [0.4, 0.5) is 0 Å². The summed E-state index contributed by atoms with van der Waals surface area (Å²) in [5, 5.41) is 17.2. The van der Waals surface area contributed by atoms with Gasteiger partial charge in [0.15, 0.2) is 0 Å². The molecule has 8 nitrogen and oxygen atoms in total. The Labute approximate surface area is 112 Å². The molecule has 8 heteroatoms. The van der Waals surface area contributed by atoms with Crippen molar-refractivity contribution >= 4 is 11.9 Å². The lowest BCUT2D eigenvalue weighted by Gasteiger charge is -2.21. The van der Waals surface area contributed by atoms with E-state index in [9.17, 15) is 9.59 Å². The Balaban J connectivity index is 4.34. The Morgan fingerprint density at radius 2 is 1.89 bits per heavy atom. The maximum Gasteiger partial charge on any atom is 0.328 e. The average molecular weight is 275 g/mol. The molecule has 110 valence electrons. The van der Waals surface area contributed by atoms with Crippen LogP contribution in [0.3, 0.4) is 0 Å². The van der Waals surface area contributed by atoms with Gasteiger partial charge >= 0.3 is 11.9 Å². The number of carboxylic acid groups (broad SMARTS) is 1. The molecule has 0 aliphatic carbocycles. The smallest absolute Gasteiger partial charge is 0.328 e. The Hall–Kier alpha value is -1.86. The minimum Gasteiger partial charge on any atom is -0.480 e. The highest BCUT2D eigenvalue weighted by molar-refractivity contribution is 5.73. The van der Waals surface area contributed by atoms with Gasteiger partial charge in [-0.25, -0.2) is 4.79 Å². The van der Waals surface area contributed by atoms with E-state index >= 15 is 0 Å². The summed E-state index contributed by atoms with van der Waals surface area (Å²) >= 11 is 0. The summed E-state index contributed by atoms with van der Waals surface area (Å²) in [5.74, 6) is -1.28. The fourth-order valence-electron chi connectivity index (χ4n) is 1.32. The van der Waals surface area contributed by atoms with Gasteiger partial charge in [0.1, 0.15) is 6.04 Å². The van der Waals surface area contributed by atoms with Gasteiger partial charge in [-0.1, -0.05) is 13.8 Å². The molecule has 0 fully saturated rings. The SMILES string of the molecule is CC(=O)OC(C)ON=NN(C)[C@@H](CC(C)C)C(=O)O. The van der Waals surface area contributed by atoms with E-state index in [0.29, 0.717) is 6.42 Å². The lowest BCUT2D eigenvalue weighted by Crippen LogP contribution is -2.36. The average Bonchev–Trinajstić information content (AvgIpc) is 2.23. The number of esters is 1. The highest BCUT2D eigenvalue weighted by Gasteiger charge is 2.23. The van der Waals surface area contributed by atoms with Crippen LogP contribution < -0.4 is 0 Å². The molecule has 0 spiro atoms. The van der Waals surface area contributed by atoms with Gasteiger partial charge in [0.25, 0.3) is 6.29 Å². The van der Waals surface area contributed by atoms with Gasteiger partial charge in [0.2, 0.25) is 0 Å². The highest BCUT2D eigenvalue weighted by atomic mass is 16.8. The molecule has 19 heavy (non-hydrogen) atoms. The van der Waals surface area contributed by atoms with E-state index in [1.54, 1.807) is 0 Å². The van der Waals surface area contributed by atoms with Gasteiger partial charge in [-0.15, -0.1) is 0 Å². The van der Waals surface area contributed by atoms with Crippen molar-refractivity contribution in [3.05, 3.63) is 0 Å². The predicted octanol–water partition coefficient (Wildman–Crippen LogP) is 1.63. The normalized spacial score (nSPS) is 14.2. The fraction of sp³-hybridized carbons (Fsp3) is 0.818. The van der Waals surface area contributed by atoms with Gasteiger partial charge in [-0.2, -0.15) is 0 Å². The number of carboxylic acids is 1. The van der Waals surface area contributed by atoms with Crippen LogP contribution in [0.2, 0.25) is 0 Å². The maximum absolute atomic E-state index is 11.1. The van der Waals surface area contributed by atoms with Crippen LogP contribution in [0.1, 0.15) is 34.1 Å². The van der Waals surface area contributed by atoms with Crippen molar-refractivity contribution in [1.82, 2.24) is 5.01 Å². The summed E-state index contributed by atoms with van der Waals surface area (Å²) in [6.07, 6.45) is -0.437. The molecule has 0 rings (SSSR count). The van der Waals surface area contributed by atoms with Crippen LogP contribution >= 0.6 is 0 Å². The minimum atomic E-state index is -0.983. The predicted molar refractivity (Wildman–Crippen MR) is 65.8 cm³/mol. The molecule has 0 saturated carbocycles. The molecule has 0 bridgehead atoms. The Kier molecular flexibility index (Phi) is 7.47. The molecule has 0 aromatic rings. The molecule has 0 saturated heterocycles. The zero-order chi connectivity index (χ0) is 15.0. The van der Waals surface area contributed by atoms with Crippen molar-refractivity contribution in [2.45, 2.75) is 46.4 Å². The zero-order valence-corrected chi connectivity index (χ0v) is 11.9. The third-order valence-corrected chi connectivity index (χ3v) is 2.14. The molecule has 0 radical (unpaired) electrons. The number of rotatable bonds is 8. The molecule has 1 N–H and O–H groups in total. The van der Waals surface area contributed by atoms with Gasteiger partial charge in [-0.05, 0) is 17.6 Å². The van der Waals surface area contributed by atoms with E-state index in [2.05, 4.69) is 15.2 Å². The number of carbonyl (C=O) groups excluding carboxylic acids is 1. The Morgan fingerprint density at radius 1 is 1.32 bits per heavy atom. The van der Waals surface area contributed by atoms with Crippen molar-refractivity contribution in [1.29, 1.82) is 0 Å². The van der Waals surface area contributed by atoms with Gasteiger partial charge in [0.05, 0.1) is 0 Å². The zero-order valence-electron chi connectivity index (χ0n) is 11.9. The largest absolute Gasteiger partial charge is 0.480 e. The number of nitrogens with zero attached hydrogens (tertiary/aromatic N) is 3. The van der Waals surface area contributed by atoms with Crippen LogP contribution in [0.5, 0.6) is 0 Å². The molecule has 0 aliphatic heterocycles. The first-order valence-corrected chi connectivity index (χ1v) is 5.93. The van der Waals surface area contributed by atoms with E-state index in [1.807, 2.05) is 13.8 Å². The molecule has 0 aliphatic rings. The highest BCUT2D eigenvalue weighted by Crippen LogP contribution is 2.11. The topological polar surface area (TPSA) is 101 Å². The van der Waals surface area contributed by atoms with Crippen LogP contribution in [-0.4, -0.2) is 41.4 Å². The van der Waals surface area contributed by atoms with Gasteiger partial charge < -0.3 is 14.7 Å². The van der Waals surface area contributed by atoms with Crippen LogP contribution in [0.25, 0.3) is 0 Å². The van der Waals surface area contributed by atoms with Crippen LogP contribution in [0.15, 0.2) is 10.5 Å². The molecular weight excluding hydrogens is 254 g/mol. The van der Waals surface area contributed by atoms with Crippen molar-refractivity contribution in [3.63, 3.8) is 0 Å². The Morgan fingerprint density at radius 3 is 2.32 bits per heavy atom. The Bertz CT molecular complexity index is 332.